The van der Waals surface area contributed by atoms with E-state index < -0.39 is 12.1 Å². The molecule has 0 radical (unpaired) electrons. The van der Waals surface area contributed by atoms with E-state index >= 15 is 0 Å². The van der Waals surface area contributed by atoms with Crippen LogP contribution < -0.4 is 5.32 Å². The van der Waals surface area contributed by atoms with Crippen molar-refractivity contribution in [3.63, 3.8) is 0 Å². The van der Waals surface area contributed by atoms with Gasteiger partial charge in [0.25, 0.3) is 0 Å². The highest BCUT2D eigenvalue weighted by molar-refractivity contribution is 6.01. The molecule has 0 saturated heterocycles. The third-order valence-electron chi connectivity index (χ3n) is 4.19. The van der Waals surface area contributed by atoms with E-state index in [0.29, 0.717) is 19.3 Å². The number of amides is 1. The minimum atomic E-state index is -0.789. The van der Waals surface area contributed by atoms with Gasteiger partial charge in [-0.15, -0.1) is 0 Å². The van der Waals surface area contributed by atoms with Crippen molar-refractivity contribution in [1.82, 2.24) is 5.32 Å². The number of ether oxygens (including phenoxy) is 1. The van der Waals surface area contributed by atoms with Crippen LogP contribution in [0.2, 0.25) is 0 Å². The molecule has 2 rings (SSSR count). The Morgan fingerprint density at radius 1 is 0.966 bits per heavy atom. The van der Waals surface area contributed by atoms with Crippen LogP contribution in [0, 0.1) is 11.8 Å². The van der Waals surface area contributed by atoms with Crippen molar-refractivity contribution in [3.8, 4) is 11.8 Å². The van der Waals surface area contributed by atoms with E-state index in [9.17, 15) is 14.4 Å². The molecule has 5 heteroatoms. The second kappa shape index (κ2) is 12.9. The monoisotopic (exact) mass is 391 g/mol. The molecule has 150 valence electrons. The molecule has 1 atom stereocenters. The van der Waals surface area contributed by atoms with Crippen molar-refractivity contribution in [1.29, 1.82) is 0 Å². The topological polar surface area (TPSA) is 72.5 Å². The minimum Gasteiger partial charge on any atom is -0.445 e. The van der Waals surface area contributed by atoms with Crippen molar-refractivity contribution < 1.29 is 19.1 Å². The molecule has 0 aliphatic carbocycles. The quantitative estimate of drug-likeness (QED) is 0.289. The zero-order valence-corrected chi connectivity index (χ0v) is 16.3. The maximum Gasteiger partial charge on any atom is 0.408 e. The van der Waals surface area contributed by atoms with Gasteiger partial charge in [0.2, 0.25) is 5.78 Å². The van der Waals surface area contributed by atoms with Gasteiger partial charge in [0.15, 0.2) is 0 Å². The zero-order valence-electron chi connectivity index (χ0n) is 16.3. The van der Waals surface area contributed by atoms with Gasteiger partial charge in [-0.25, -0.2) is 4.79 Å². The maximum atomic E-state index is 12.5. The predicted octanol–water partition coefficient (Wildman–Crippen LogP) is 3.86. The van der Waals surface area contributed by atoms with Crippen molar-refractivity contribution in [2.75, 3.05) is 0 Å². The lowest BCUT2D eigenvalue weighted by Gasteiger charge is -2.15. The number of carbonyl (C=O) groups is 3. The van der Waals surface area contributed by atoms with E-state index in [4.69, 9.17) is 4.74 Å². The molecule has 0 aliphatic heterocycles. The molecule has 1 amide bonds. The number of hydrogen-bond donors (Lipinski definition) is 1. The summed E-state index contributed by atoms with van der Waals surface area (Å²) >= 11 is 0. The third-order valence-corrected chi connectivity index (χ3v) is 4.19. The number of nitrogens with one attached hydrogen (secondary N) is 1. The first-order chi connectivity index (χ1) is 14.2. The molecule has 0 aliphatic rings. The molecule has 0 heterocycles. The fraction of sp³-hybridized carbons (Fsp3) is 0.292. The standard InChI is InChI=1S/C24H25NO4/c26-17-11-3-1-2-10-16-23(27)22(18-20-12-6-4-7-13-20)25-24(28)29-19-21-14-8-5-9-15-21/h4-9,12-15,17,22H,1-3,11,18-19H2,(H,25,28)/t22-/m1/s1. The van der Waals surface area contributed by atoms with E-state index in [-0.39, 0.29) is 12.4 Å². The zero-order chi connectivity index (χ0) is 20.7. The average Bonchev–Trinajstić information content (AvgIpc) is 2.75. The molecule has 29 heavy (non-hydrogen) atoms. The number of aldehydes is 1. The first kappa shape index (κ1) is 21.9. The fourth-order valence-electron chi connectivity index (χ4n) is 2.64. The molecule has 0 fully saturated rings. The van der Waals surface area contributed by atoms with Crippen LogP contribution in [-0.4, -0.2) is 24.2 Å². The summed E-state index contributed by atoms with van der Waals surface area (Å²) in [6, 6.07) is 18.0. The average molecular weight is 391 g/mol. The van der Waals surface area contributed by atoms with Crippen LogP contribution in [0.4, 0.5) is 4.79 Å². The SMILES string of the molecule is O=CCCCCC#CC(=O)[C@@H](Cc1ccccc1)NC(=O)OCc1ccccc1. The normalized spacial score (nSPS) is 10.9. The molecule has 5 nitrogen and oxygen atoms in total. The van der Waals surface area contributed by atoms with Crippen LogP contribution in [0.1, 0.15) is 36.8 Å². The predicted molar refractivity (Wildman–Crippen MR) is 111 cm³/mol. The van der Waals surface area contributed by atoms with E-state index in [0.717, 1.165) is 30.3 Å². The van der Waals surface area contributed by atoms with Crippen LogP contribution in [0.15, 0.2) is 60.7 Å². The van der Waals surface area contributed by atoms with E-state index in [1.54, 1.807) is 0 Å². The van der Waals surface area contributed by atoms with Crippen molar-refractivity contribution in [3.05, 3.63) is 71.8 Å². The number of hydrogen-bond acceptors (Lipinski definition) is 4. The van der Waals surface area contributed by atoms with Gasteiger partial charge in [-0.05, 0) is 29.9 Å². The Bertz CT molecular complexity index is 837. The third kappa shape index (κ3) is 8.89. The Hall–Kier alpha value is -3.39. The van der Waals surface area contributed by atoms with Gasteiger partial charge in [-0.1, -0.05) is 66.6 Å². The van der Waals surface area contributed by atoms with E-state index in [2.05, 4.69) is 17.2 Å². The molecule has 0 bridgehead atoms. The largest absolute Gasteiger partial charge is 0.445 e. The van der Waals surface area contributed by atoms with Gasteiger partial charge in [-0.3, -0.25) is 4.79 Å². The second-order valence-corrected chi connectivity index (χ2v) is 6.53. The van der Waals surface area contributed by atoms with E-state index in [1.807, 2.05) is 60.7 Å². The molecule has 2 aromatic rings. The number of rotatable bonds is 10. The summed E-state index contributed by atoms with van der Waals surface area (Å²) in [4.78, 5) is 35.1. The second-order valence-electron chi connectivity index (χ2n) is 6.53. The summed E-state index contributed by atoms with van der Waals surface area (Å²) < 4.78 is 5.23. The molecule has 1 N–H and O–H groups in total. The van der Waals surface area contributed by atoms with Crippen LogP contribution in [0.5, 0.6) is 0 Å². The highest BCUT2D eigenvalue weighted by Crippen LogP contribution is 2.06. The molecular formula is C24H25NO4. The Kier molecular flexibility index (Phi) is 9.74. The summed E-state index contributed by atoms with van der Waals surface area (Å²) in [7, 11) is 0. The van der Waals surface area contributed by atoms with Crippen LogP contribution in [-0.2, 0) is 27.4 Å². The summed E-state index contributed by atoms with van der Waals surface area (Å²) in [6.45, 7) is 0.126. The van der Waals surface area contributed by atoms with Crippen LogP contribution in [0.25, 0.3) is 0 Å². The lowest BCUT2D eigenvalue weighted by Crippen LogP contribution is -2.42. The lowest BCUT2D eigenvalue weighted by molar-refractivity contribution is -0.115. The highest BCUT2D eigenvalue weighted by atomic mass is 16.5. The van der Waals surface area contributed by atoms with Gasteiger partial charge < -0.3 is 14.8 Å². The van der Waals surface area contributed by atoms with E-state index in [1.165, 1.54) is 0 Å². The summed E-state index contributed by atoms with van der Waals surface area (Å²) in [6.07, 6.45) is 3.10. The van der Waals surface area contributed by atoms with Gasteiger partial charge in [0.1, 0.15) is 18.9 Å². The summed E-state index contributed by atoms with van der Waals surface area (Å²) in [5.74, 6) is 5.09. The molecule has 0 aromatic heterocycles. The molecule has 0 saturated carbocycles. The number of alkyl carbamates (subject to hydrolysis) is 1. The van der Waals surface area contributed by atoms with Gasteiger partial charge in [-0.2, -0.15) is 0 Å². The first-order valence-electron chi connectivity index (χ1n) is 9.66. The van der Waals surface area contributed by atoms with Gasteiger partial charge >= 0.3 is 6.09 Å². The number of benzene rings is 2. The first-order valence-corrected chi connectivity index (χ1v) is 9.66. The summed E-state index contributed by atoms with van der Waals surface area (Å²) in [5, 5.41) is 2.64. The lowest BCUT2D eigenvalue weighted by atomic mass is 10.0. The maximum absolute atomic E-state index is 12.5. The molecular weight excluding hydrogens is 366 g/mol. The molecule has 0 unspecified atom stereocenters. The number of Topliss-reactive ketones (excluding diaryl/α,β-unsaturated/α-hetero) is 1. The Balaban J connectivity index is 1.94. The Morgan fingerprint density at radius 2 is 1.62 bits per heavy atom. The van der Waals surface area contributed by atoms with Crippen molar-refractivity contribution in [2.24, 2.45) is 0 Å². The Morgan fingerprint density at radius 3 is 2.28 bits per heavy atom. The number of carbonyl (C=O) groups excluding carboxylic acids is 3. The van der Waals surface area contributed by atoms with Crippen LogP contribution >= 0.6 is 0 Å². The van der Waals surface area contributed by atoms with Gasteiger partial charge in [0, 0.05) is 19.3 Å². The molecule has 0 spiro atoms. The highest BCUT2D eigenvalue weighted by Gasteiger charge is 2.20. The smallest absolute Gasteiger partial charge is 0.408 e. The van der Waals surface area contributed by atoms with Crippen molar-refractivity contribution >= 4 is 18.2 Å². The van der Waals surface area contributed by atoms with Gasteiger partial charge in [0.05, 0.1) is 0 Å². The van der Waals surface area contributed by atoms with Crippen LogP contribution in [0.3, 0.4) is 0 Å². The Labute approximate surface area is 171 Å². The van der Waals surface area contributed by atoms with Crippen molar-refractivity contribution in [2.45, 2.75) is 44.8 Å². The fourth-order valence-corrected chi connectivity index (χ4v) is 2.64. The number of ketones is 1. The number of unbranched alkanes of at least 4 members (excludes halogenated alkanes) is 3. The minimum absolute atomic E-state index is 0.126. The molecule has 2 aromatic carbocycles. The summed E-state index contributed by atoms with van der Waals surface area (Å²) in [5.41, 5.74) is 1.78.